The number of hydrogen-bond acceptors (Lipinski definition) is 6. The molecule has 0 spiro atoms. The van der Waals surface area contributed by atoms with E-state index < -0.39 is 0 Å². The highest BCUT2D eigenvalue weighted by Crippen LogP contribution is 2.20. The molecule has 0 aliphatic heterocycles. The quantitative estimate of drug-likeness (QED) is 0.804. The Balaban J connectivity index is 1.76. The van der Waals surface area contributed by atoms with E-state index in [-0.39, 0.29) is 5.91 Å². The Morgan fingerprint density at radius 1 is 1.24 bits per heavy atom. The largest absolute Gasteiger partial charge is 0.334 e. The fourth-order valence-electron chi connectivity index (χ4n) is 1.76. The minimum Gasteiger partial charge on any atom is -0.334 e. The van der Waals surface area contributed by atoms with E-state index >= 15 is 0 Å². The molecular formula is C14H12N4O2S. The maximum atomic E-state index is 12.1. The summed E-state index contributed by atoms with van der Waals surface area (Å²) < 4.78 is 5.08. The molecule has 0 radical (unpaired) electrons. The number of benzene rings is 1. The van der Waals surface area contributed by atoms with E-state index in [9.17, 15) is 4.79 Å². The fourth-order valence-corrected chi connectivity index (χ4v) is 2.42. The van der Waals surface area contributed by atoms with Gasteiger partial charge in [0, 0.05) is 22.2 Å². The van der Waals surface area contributed by atoms with Gasteiger partial charge in [-0.3, -0.25) is 10.1 Å². The molecule has 2 heterocycles. The van der Waals surface area contributed by atoms with Crippen LogP contribution in [-0.2, 0) is 0 Å². The summed E-state index contributed by atoms with van der Waals surface area (Å²) in [6.45, 7) is 3.69. The van der Waals surface area contributed by atoms with E-state index in [1.165, 1.54) is 11.3 Å². The van der Waals surface area contributed by atoms with Crippen molar-refractivity contribution < 1.29 is 9.32 Å². The smallest absolute Gasteiger partial charge is 0.257 e. The van der Waals surface area contributed by atoms with Gasteiger partial charge in [0.05, 0.1) is 0 Å². The summed E-state index contributed by atoms with van der Waals surface area (Å²) in [4.78, 5) is 21.4. The lowest BCUT2D eigenvalue weighted by molar-refractivity contribution is 0.102. The lowest BCUT2D eigenvalue weighted by Gasteiger charge is -2.02. The van der Waals surface area contributed by atoms with Crippen molar-refractivity contribution in [3.63, 3.8) is 0 Å². The Labute approximate surface area is 124 Å². The molecule has 1 aromatic carbocycles. The maximum Gasteiger partial charge on any atom is 0.257 e. The molecule has 3 aromatic rings. The van der Waals surface area contributed by atoms with Crippen molar-refractivity contribution in [1.29, 1.82) is 0 Å². The van der Waals surface area contributed by atoms with Gasteiger partial charge in [0.1, 0.15) is 0 Å². The Kier molecular flexibility index (Phi) is 3.49. The minimum atomic E-state index is -0.197. The lowest BCUT2D eigenvalue weighted by atomic mass is 10.1. The Morgan fingerprint density at radius 2 is 2.00 bits per heavy atom. The van der Waals surface area contributed by atoms with Crippen LogP contribution in [0.5, 0.6) is 0 Å². The zero-order chi connectivity index (χ0) is 14.8. The molecule has 0 bridgehead atoms. The van der Waals surface area contributed by atoms with Crippen LogP contribution in [0.2, 0.25) is 0 Å². The van der Waals surface area contributed by atoms with Crippen LogP contribution in [-0.4, -0.2) is 21.0 Å². The summed E-state index contributed by atoms with van der Waals surface area (Å²) in [6.07, 6.45) is 1.72. The first-order valence-electron chi connectivity index (χ1n) is 6.26. The second-order valence-corrected chi connectivity index (χ2v) is 5.69. The van der Waals surface area contributed by atoms with Gasteiger partial charge in [0.2, 0.25) is 0 Å². The second kappa shape index (κ2) is 5.45. The molecule has 1 N–H and O–H groups in total. The molecule has 7 heteroatoms. The molecule has 0 saturated heterocycles. The van der Waals surface area contributed by atoms with Gasteiger partial charge < -0.3 is 4.52 Å². The predicted molar refractivity (Wildman–Crippen MR) is 79.3 cm³/mol. The number of amides is 1. The normalized spacial score (nSPS) is 10.6. The third-order valence-electron chi connectivity index (χ3n) is 2.76. The zero-order valence-electron chi connectivity index (χ0n) is 11.5. The van der Waals surface area contributed by atoms with Crippen molar-refractivity contribution >= 4 is 22.4 Å². The average Bonchev–Trinajstić information content (AvgIpc) is 3.08. The maximum absolute atomic E-state index is 12.1. The number of aromatic nitrogens is 3. The number of hydrogen-bond donors (Lipinski definition) is 1. The van der Waals surface area contributed by atoms with E-state index in [1.54, 1.807) is 37.4 Å². The summed E-state index contributed by atoms with van der Waals surface area (Å²) in [6, 6.07) is 6.97. The molecule has 3 rings (SSSR count). The predicted octanol–water partition coefficient (Wildman–Crippen LogP) is 3.06. The van der Waals surface area contributed by atoms with Crippen molar-refractivity contribution in [1.82, 2.24) is 15.1 Å². The van der Waals surface area contributed by atoms with Crippen LogP contribution >= 0.6 is 11.3 Å². The average molecular weight is 300 g/mol. The van der Waals surface area contributed by atoms with Gasteiger partial charge in [-0.15, -0.1) is 11.3 Å². The van der Waals surface area contributed by atoms with Crippen molar-refractivity contribution in [2.45, 2.75) is 13.8 Å². The first kappa shape index (κ1) is 13.4. The van der Waals surface area contributed by atoms with E-state index in [0.29, 0.717) is 22.4 Å². The topological polar surface area (TPSA) is 80.9 Å². The molecule has 106 valence electrons. The number of nitrogens with zero attached hydrogens (tertiary/aromatic N) is 3. The van der Waals surface area contributed by atoms with Crippen molar-refractivity contribution in [3.05, 3.63) is 46.7 Å². The van der Waals surface area contributed by atoms with Crippen molar-refractivity contribution in [2.75, 3.05) is 5.32 Å². The molecule has 0 atom stereocenters. The molecule has 0 saturated carbocycles. The molecule has 0 aliphatic rings. The zero-order valence-corrected chi connectivity index (χ0v) is 12.3. The molecule has 1 amide bonds. The van der Waals surface area contributed by atoms with Gasteiger partial charge in [-0.1, -0.05) is 5.16 Å². The highest BCUT2D eigenvalue weighted by Gasteiger charge is 2.10. The van der Waals surface area contributed by atoms with Gasteiger partial charge in [0.15, 0.2) is 11.0 Å². The summed E-state index contributed by atoms with van der Waals surface area (Å²) in [5.41, 5.74) is 1.32. The number of thiazole rings is 1. The monoisotopic (exact) mass is 300 g/mol. The molecule has 0 unspecified atom stereocenters. The van der Waals surface area contributed by atoms with Crippen LogP contribution in [0.1, 0.15) is 21.1 Å². The number of anilines is 1. The standard InChI is InChI=1S/C14H12N4O2S/c1-8-7-15-14(21-8)17-12(19)10-3-5-11(6-4-10)13-16-9(2)18-20-13/h3-7H,1-2H3,(H,15,17,19). The first-order valence-corrected chi connectivity index (χ1v) is 7.08. The summed E-state index contributed by atoms with van der Waals surface area (Å²) in [5, 5.41) is 7.09. The van der Waals surface area contributed by atoms with Crippen molar-refractivity contribution in [3.8, 4) is 11.5 Å². The van der Waals surface area contributed by atoms with Crippen LogP contribution in [0.3, 0.4) is 0 Å². The highest BCUT2D eigenvalue weighted by atomic mass is 32.1. The summed E-state index contributed by atoms with van der Waals surface area (Å²) in [7, 11) is 0. The minimum absolute atomic E-state index is 0.197. The van der Waals surface area contributed by atoms with Crippen LogP contribution in [0, 0.1) is 13.8 Å². The van der Waals surface area contributed by atoms with Gasteiger partial charge >= 0.3 is 0 Å². The van der Waals surface area contributed by atoms with Gasteiger partial charge in [-0.05, 0) is 38.1 Å². The number of nitrogens with one attached hydrogen (secondary N) is 1. The number of aryl methyl sites for hydroxylation is 2. The molecule has 2 aromatic heterocycles. The van der Waals surface area contributed by atoms with Crippen LogP contribution in [0.25, 0.3) is 11.5 Å². The third kappa shape index (κ3) is 2.97. The number of carbonyl (C=O) groups excluding carboxylic acids is 1. The third-order valence-corrected chi connectivity index (χ3v) is 3.59. The SMILES string of the molecule is Cc1noc(-c2ccc(C(=O)Nc3ncc(C)s3)cc2)n1. The fraction of sp³-hybridized carbons (Fsp3) is 0.143. The van der Waals surface area contributed by atoms with Crippen LogP contribution in [0.4, 0.5) is 5.13 Å². The number of carbonyl (C=O) groups is 1. The molecular weight excluding hydrogens is 288 g/mol. The lowest BCUT2D eigenvalue weighted by Crippen LogP contribution is -2.11. The van der Waals surface area contributed by atoms with E-state index in [1.807, 2.05) is 6.92 Å². The first-order chi connectivity index (χ1) is 10.1. The molecule has 6 nitrogen and oxygen atoms in total. The van der Waals surface area contributed by atoms with Crippen LogP contribution in [0.15, 0.2) is 35.0 Å². The summed E-state index contributed by atoms with van der Waals surface area (Å²) in [5.74, 6) is 0.818. The van der Waals surface area contributed by atoms with Gasteiger partial charge in [-0.25, -0.2) is 4.98 Å². The van der Waals surface area contributed by atoms with E-state index in [4.69, 9.17) is 4.52 Å². The Morgan fingerprint density at radius 3 is 2.57 bits per heavy atom. The van der Waals surface area contributed by atoms with Gasteiger partial charge in [-0.2, -0.15) is 4.98 Å². The Hall–Kier alpha value is -2.54. The molecule has 0 fully saturated rings. The van der Waals surface area contributed by atoms with Gasteiger partial charge in [0.25, 0.3) is 11.8 Å². The molecule has 21 heavy (non-hydrogen) atoms. The highest BCUT2D eigenvalue weighted by molar-refractivity contribution is 7.15. The van der Waals surface area contributed by atoms with E-state index in [2.05, 4.69) is 20.4 Å². The van der Waals surface area contributed by atoms with Crippen LogP contribution < -0.4 is 5.32 Å². The summed E-state index contributed by atoms with van der Waals surface area (Å²) >= 11 is 1.44. The van der Waals surface area contributed by atoms with Crippen molar-refractivity contribution in [2.24, 2.45) is 0 Å². The number of rotatable bonds is 3. The Bertz CT molecular complexity index is 776. The molecule has 0 aliphatic carbocycles. The van der Waals surface area contributed by atoms with E-state index in [0.717, 1.165) is 10.4 Å². The second-order valence-electron chi connectivity index (χ2n) is 4.45.